The van der Waals surface area contributed by atoms with Gasteiger partial charge >= 0.3 is 0 Å². The highest BCUT2D eigenvalue weighted by molar-refractivity contribution is 5.95. The van der Waals surface area contributed by atoms with Gasteiger partial charge in [0.25, 0.3) is 0 Å². The Labute approximate surface area is 91.3 Å². The minimum atomic E-state index is -0.713. The standard InChI is InChI=1S/C11H11F2NO2/c12-8-2-9(13)4-10(3-8)14-5-7(6-15)1-11(14)16/h2-4,7,15H,1,5-6H2. The van der Waals surface area contributed by atoms with Crippen LogP contribution in [0.2, 0.25) is 0 Å². The van der Waals surface area contributed by atoms with Gasteiger partial charge in [0.15, 0.2) is 0 Å². The molecule has 2 rings (SSSR count). The Morgan fingerprint density at radius 1 is 1.31 bits per heavy atom. The number of anilines is 1. The molecule has 1 N–H and O–H groups in total. The zero-order valence-corrected chi connectivity index (χ0v) is 8.49. The van der Waals surface area contributed by atoms with Crippen molar-refractivity contribution in [3.05, 3.63) is 29.8 Å². The maximum absolute atomic E-state index is 13.0. The van der Waals surface area contributed by atoms with E-state index in [0.29, 0.717) is 6.54 Å². The largest absolute Gasteiger partial charge is 0.396 e. The molecule has 1 aliphatic heterocycles. The molecule has 5 heteroatoms. The minimum Gasteiger partial charge on any atom is -0.396 e. The molecule has 0 radical (unpaired) electrons. The van der Waals surface area contributed by atoms with Gasteiger partial charge in [-0.15, -0.1) is 0 Å². The molecule has 3 nitrogen and oxygen atoms in total. The quantitative estimate of drug-likeness (QED) is 0.827. The van der Waals surface area contributed by atoms with Gasteiger partial charge < -0.3 is 10.0 Å². The van der Waals surface area contributed by atoms with Gasteiger partial charge in [-0.3, -0.25) is 4.79 Å². The van der Waals surface area contributed by atoms with E-state index in [1.54, 1.807) is 0 Å². The van der Waals surface area contributed by atoms with Crippen LogP contribution in [0, 0.1) is 17.6 Å². The molecule has 16 heavy (non-hydrogen) atoms. The van der Waals surface area contributed by atoms with Crippen LogP contribution in [0.5, 0.6) is 0 Å². The molecule has 0 saturated carbocycles. The Bertz CT molecular complexity index is 402. The van der Waals surface area contributed by atoms with Crippen LogP contribution in [0.4, 0.5) is 14.5 Å². The molecule has 0 spiro atoms. The Hall–Kier alpha value is -1.49. The summed E-state index contributed by atoms with van der Waals surface area (Å²) in [5, 5.41) is 8.93. The van der Waals surface area contributed by atoms with Gasteiger partial charge in [0, 0.05) is 37.2 Å². The lowest BCUT2D eigenvalue weighted by Gasteiger charge is -2.16. The number of hydrogen-bond acceptors (Lipinski definition) is 2. The summed E-state index contributed by atoms with van der Waals surface area (Å²) in [4.78, 5) is 12.8. The molecular formula is C11H11F2NO2. The highest BCUT2D eigenvalue weighted by Crippen LogP contribution is 2.26. The van der Waals surface area contributed by atoms with Crippen LogP contribution in [0.25, 0.3) is 0 Å². The van der Waals surface area contributed by atoms with Gasteiger partial charge in [-0.1, -0.05) is 0 Å². The topological polar surface area (TPSA) is 40.5 Å². The van der Waals surface area contributed by atoms with Gasteiger partial charge in [0.05, 0.1) is 0 Å². The maximum Gasteiger partial charge on any atom is 0.227 e. The summed E-state index contributed by atoms with van der Waals surface area (Å²) in [5.74, 6) is -1.80. The predicted octanol–water partition coefficient (Wildman–Crippen LogP) is 1.31. The molecule has 1 amide bonds. The lowest BCUT2D eigenvalue weighted by atomic mass is 10.1. The number of halogens is 2. The van der Waals surface area contributed by atoms with E-state index < -0.39 is 11.6 Å². The van der Waals surface area contributed by atoms with Crippen LogP contribution in [0.1, 0.15) is 6.42 Å². The van der Waals surface area contributed by atoms with E-state index in [-0.39, 0.29) is 30.5 Å². The summed E-state index contributed by atoms with van der Waals surface area (Å²) in [5.41, 5.74) is 0.207. The summed E-state index contributed by atoms with van der Waals surface area (Å²) >= 11 is 0. The highest BCUT2D eigenvalue weighted by atomic mass is 19.1. The summed E-state index contributed by atoms with van der Waals surface area (Å²) < 4.78 is 25.9. The molecule has 1 unspecified atom stereocenters. The summed E-state index contributed by atoms with van der Waals surface area (Å²) in [7, 11) is 0. The molecule has 0 bridgehead atoms. The second kappa shape index (κ2) is 4.17. The first-order valence-corrected chi connectivity index (χ1v) is 4.97. The van der Waals surface area contributed by atoms with Crippen molar-refractivity contribution < 1.29 is 18.7 Å². The van der Waals surface area contributed by atoms with E-state index >= 15 is 0 Å². The second-order valence-electron chi connectivity index (χ2n) is 3.88. The number of amides is 1. The molecule has 1 fully saturated rings. The third kappa shape index (κ3) is 2.04. The molecule has 1 atom stereocenters. The van der Waals surface area contributed by atoms with Crippen molar-refractivity contribution >= 4 is 11.6 Å². The number of carbonyl (C=O) groups is 1. The average molecular weight is 227 g/mol. The van der Waals surface area contributed by atoms with Crippen LogP contribution in [-0.2, 0) is 4.79 Å². The average Bonchev–Trinajstić information content (AvgIpc) is 2.58. The number of aliphatic hydroxyl groups excluding tert-OH is 1. The summed E-state index contributed by atoms with van der Waals surface area (Å²) in [6.07, 6.45) is 0.217. The number of benzene rings is 1. The highest BCUT2D eigenvalue weighted by Gasteiger charge is 2.30. The van der Waals surface area contributed by atoms with Crippen LogP contribution < -0.4 is 4.90 Å². The van der Waals surface area contributed by atoms with E-state index in [0.717, 1.165) is 18.2 Å². The van der Waals surface area contributed by atoms with E-state index in [1.807, 2.05) is 0 Å². The third-order valence-corrected chi connectivity index (χ3v) is 2.62. The van der Waals surface area contributed by atoms with E-state index in [2.05, 4.69) is 0 Å². The lowest BCUT2D eigenvalue weighted by Crippen LogP contribution is -2.25. The molecule has 86 valence electrons. The Balaban J connectivity index is 2.27. The van der Waals surface area contributed by atoms with E-state index in [9.17, 15) is 13.6 Å². The first-order chi connectivity index (χ1) is 7.60. The molecule has 0 aliphatic carbocycles. The monoisotopic (exact) mass is 227 g/mol. The van der Waals surface area contributed by atoms with Crippen molar-refractivity contribution in [1.29, 1.82) is 0 Å². The number of aliphatic hydroxyl groups is 1. The summed E-state index contributed by atoms with van der Waals surface area (Å²) in [6, 6.07) is 2.98. The van der Waals surface area contributed by atoms with Crippen LogP contribution >= 0.6 is 0 Å². The third-order valence-electron chi connectivity index (χ3n) is 2.62. The van der Waals surface area contributed by atoms with Crippen molar-refractivity contribution in [2.24, 2.45) is 5.92 Å². The number of carbonyl (C=O) groups excluding carboxylic acids is 1. The fourth-order valence-corrected chi connectivity index (χ4v) is 1.85. The molecule has 0 aromatic heterocycles. The fourth-order valence-electron chi connectivity index (χ4n) is 1.85. The Morgan fingerprint density at radius 3 is 2.44 bits per heavy atom. The van der Waals surface area contributed by atoms with Gasteiger partial charge in [0.1, 0.15) is 11.6 Å². The molecule has 1 aromatic rings. The number of nitrogens with zero attached hydrogens (tertiary/aromatic N) is 1. The molecule has 1 aromatic carbocycles. The predicted molar refractivity (Wildman–Crippen MR) is 53.9 cm³/mol. The zero-order chi connectivity index (χ0) is 11.7. The molecule has 1 aliphatic rings. The Kier molecular flexibility index (Phi) is 2.87. The normalized spacial score (nSPS) is 20.6. The van der Waals surface area contributed by atoms with Gasteiger partial charge in [-0.25, -0.2) is 8.78 Å². The molecular weight excluding hydrogens is 216 g/mol. The Morgan fingerprint density at radius 2 is 1.94 bits per heavy atom. The van der Waals surface area contributed by atoms with Crippen LogP contribution in [-0.4, -0.2) is 24.2 Å². The fraction of sp³-hybridized carbons (Fsp3) is 0.364. The second-order valence-corrected chi connectivity index (χ2v) is 3.88. The van der Waals surface area contributed by atoms with Crippen molar-refractivity contribution in [1.82, 2.24) is 0 Å². The van der Waals surface area contributed by atoms with Gasteiger partial charge in [0.2, 0.25) is 5.91 Å². The minimum absolute atomic E-state index is 0.0972. The zero-order valence-electron chi connectivity index (χ0n) is 8.49. The lowest BCUT2D eigenvalue weighted by molar-refractivity contribution is -0.117. The van der Waals surface area contributed by atoms with Crippen molar-refractivity contribution in [2.75, 3.05) is 18.1 Å². The van der Waals surface area contributed by atoms with Crippen LogP contribution in [0.3, 0.4) is 0 Å². The summed E-state index contributed by atoms with van der Waals surface area (Å²) in [6.45, 7) is 0.207. The van der Waals surface area contributed by atoms with Crippen molar-refractivity contribution in [2.45, 2.75) is 6.42 Å². The first-order valence-electron chi connectivity index (χ1n) is 4.97. The van der Waals surface area contributed by atoms with E-state index in [4.69, 9.17) is 5.11 Å². The molecule has 1 saturated heterocycles. The van der Waals surface area contributed by atoms with Crippen molar-refractivity contribution in [3.63, 3.8) is 0 Å². The van der Waals surface area contributed by atoms with Gasteiger partial charge in [-0.05, 0) is 12.1 Å². The number of rotatable bonds is 2. The van der Waals surface area contributed by atoms with Gasteiger partial charge in [-0.2, -0.15) is 0 Å². The molecule has 1 heterocycles. The first kappa shape index (κ1) is 11.0. The van der Waals surface area contributed by atoms with Crippen LogP contribution in [0.15, 0.2) is 18.2 Å². The maximum atomic E-state index is 13.0. The number of hydrogen-bond donors (Lipinski definition) is 1. The smallest absolute Gasteiger partial charge is 0.227 e. The SMILES string of the molecule is O=C1CC(CO)CN1c1cc(F)cc(F)c1. The van der Waals surface area contributed by atoms with E-state index in [1.165, 1.54) is 4.90 Å². The van der Waals surface area contributed by atoms with Crippen molar-refractivity contribution in [3.8, 4) is 0 Å².